The van der Waals surface area contributed by atoms with Crippen LogP contribution >= 0.6 is 11.6 Å². The first-order chi connectivity index (χ1) is 10.3. The molecule has 21 heavy (non-hydrogen) atoms. The molecule has 4 heteroatoms. The number of benzene rings is 2. The van der Waals surface area contributed by atoms with Crippen molar-refractivity contribution in [3.05, 3.63) is 70.2 Å². The Morgan fingerprint density at radius 1 is 1.19 bits per heavy atom. The van der Waals surface area contributed by atoms with Crippen LogP contribution < -0.4 is 10.6 Å². The van der Waals surface area contributed by atoms with Gasteiger partial charge in [-0.2, -0.15) is 0 Å². The molecule has 1 unspecified atom stereocenters. The van der Waals surface area contributed by atoms with E-state index in [0.717, 1.165) is 24.1 Å². The summed E-state index contributed by atoms with van der Waals surface area (Å²) in [6.45, 7) is 1.26. The minimum absolute atomic E-state index is 0.0120. The molecule has 1 heterocycles. The Labute approximate surface area is 129 Å². The highest BCUT2D eigenvalue weighted by Gasteiger charge is 2.25. The van der Waals surface area contributed by atoms with Crippen molar-refractivity contribution < 1.29 is 4.79 Å². The summed E-state index contributed by atoms with van der Waals surface area (Å²) in [5, 5.41) is 6.92. The first-order valence-electron chi connectivity index (χ1n) is 7.08. The fraction of sp³-hybridized carbons (Fsp3) is 0.235. The van der Waals surface area contributed by atoms with Crippen molar-refractivity contribution in [2.75, 3.05) is 6.54 Å². The molecule has 0 aromatic heterocycles. The number of amides is 1. The summed E-state index contributed by atoms with van der Waals surface area (Å²) in [7, 11) is 0. The van der Waals surface area contributed by atoms with E-state index in [1.807, 2.05) is 42.5 Å². The summed E-state index contributed by atoms with van der Waals surface area (Å²) in [6.07, 6.45) is 0.963. The monoisotopic (exact) mass is 300 g/mol. The first-order valence-corrected chi connectivity index (χ1v) is 7.46. The zero-order chi connectivity index (χ0) is 14.7. The summed E-state index contributed by atoms with van der Waals surface area (Å²) < 4.78 is 0. The van der Waals surface area contributed by atoms with Gasteiger partial charge in [-0.25, -0.2) is 0 Å². The average molecular weight is 301 g/mol. The van der Waals surface area contributed by atoms with E-state index < -0.39 is 0 Å². The van der Waals surface area contributed by atoms with Crippen molar-refractivity contribution in [3.63, 3.8) is 0 Å². The van der Waals surface area contributed by atoms with Crippen LogP contribution in [0.15, 0.2) is 48.5 Å². The van der Waals surface area contributed by atoms with Crippen LogP contribution in [0.1, 0.15) is 22.7 Å². The van der Waals surface area contributed by atoms with E-state index in [9.17, 15) is 4.79 Å². The Morgan fingerprint density at radius 3 is 2.81 bits per heavy atom. The van der Waals surface area contributed by atoms with Crippen LogP contribution in [0, 0.1) is 0 Å². The normalized spacial score (nSPS) is 17.1. The topological polar surface area (TPSA) is 41.1 Å². The molecule has 1 aliphatic rings. The highest BCUT2D eigenvalue weighted by Crippen LogP contribution is 2.23. The number of carbonyl (C=O) groups excluding carboxylic acids is 1. The molecule has 1 aliphatic heterocycles. The minimum Gasteiger partial charge on any atom is -0.350 e. The van der Waals surface area contributed by atoms with E-state index in [1.165, 1.54) is 5.56 Å². The molecule has 3 nitrogen and oxygen atoms in total. The molecule has 2 aromatic carbocycles. The van der Waals surface area contributed by atoms with E-state index in [0.29, 0.717) is 11.6 Å². The maximum atomic E-state index is 12.4. The zero-order valence-corrected chi connectivity index (χ0v) is 12.4. The van der Waals surface area contributed by atoms with E-state index in [2.05, 4.69) is 16.7 Å². The Kier molecular flexibility index (Phi) is 4.23. The van der Waals surface area contributed by atoms with Gasteiger partial charge in [-0.05, 0) is 29.2 Å². The molecule has 0 bridgehead atoms. The Balaban J connectivity index is 1.71. The SMILES string of the molecule is O=C(NCc1ccccc1Cl)C1NCCc2ccccc21. The second kappa shape index (κ2) is 6.29. The van der Waals surface area contributed by atoms with Crippen LogP contribution in [-0.2, 0) is 17.8 Å². The number of carbonyl (C=O) groups is 1. The number of nitrogens with one attached hydrogen (secondary N) is 2. The smallest absolute Gasteiger partial charge is 0.242 e. The molecule has 108 valence electrons. The molecular formula is C17H17ClN2O. The highest BCUT2D eigenvalue weighted by atomic mass is 35.5. The number of hydrogen-bond donors (Lipinski definition) is 2. The van der Waals surface area contributed by atoms with Crippen molar-refractivity contribution in [1.82, 2.24) is 10.6 Å². The van der Waals surface area contributed by atoms with Crippen LogP contribution in [0.4, 0.5) is 0 Å². The summed E-state index contributed by atoms with van der Waals surface area (Å²) in [5.74, 6) is -0.0120. The molecule has 0 radical (unpaired) electrons. The van der Waals surface area contributed by atoms with E-state index in [-0.39, 0.29) is 11.9 Å². The molecule has 0 spiro atoms. The molecule has 0 saturated heterocycles. The van der Waals surface area contributed by atoms with Gasteiger partial charge >= 0.3 is 0 Å². The van der Waals surface area contributed by atoms with Gasteiger partial charge in [0.05, 0.1) is 0 Å². The van der Waals surface area contributed by atoms with Gasteiger partial charge in [0.15, 0.2) is 0 Å². The predicted molar refractivity (Wildman–Crippen MR) is 84.2 cm³/mol. The van der Waals surface area contributed by atoms with E-state index in [4.69, 9.17) is 11.6 Å². The van der Waals surface area contributed by atoms with Crippen LogP contribution in [0.25, 0.3) is 0 Å². The van der Waals surface area contributed by atoms with Crippen LogP contribution in [-0.4, -0.2) is 12.5 Å². The number of halogens is 1. The third kappa shape index (κ3) is 3.09. The minimum atomic E-state index is -0.280. The van der Waals surface area contributed by atoms with Gasteiger partial charge in [0, 0.05) is 18.1 Å². The third-order valence-electron chi connectivity index (χ3n) is 3.78. The molecule has 1 amide bonds. The van der Waals surface area contributed by atoms with Crippen molar-refractivity contribution in [2.45, 2.75) is 19.0 Å². The van der Waals surface area contributed by atoms with Gasteiger partial charge < -0.3 is 10.6 Å². The molecule has 2 N–H and O–H groups in total. The van der Waals surface area contributed by atoms with Crippen LogP contribution in [0.2, 0.25) is 5.02 Å². The van der Waals surface area contributed by atoms with Crippen molar-refractivity contribution in [2.24, 2.45) is 0 Å². The van der Waals surface area contributed by atoms with Crippen LogP contribution in [0.3, 0.4) is 0 Å². The number of fused-ring (bicyclic) bond motifs is 1. The molecule has 2 aromatic rings. The lowest BCUT2D eigenvalue weighted by atomic mass is 9.94. The average Bonchev–Trinajstić information content (AvgIpc) is 2.53. The Morgan fingerprint density at radius 2 is 1.95 bits per heavy atom. The van der Waals surface area contributed by atoms with E-state index >= 15 is 0 Å². The fourth-order valence-electron chi connectivity index (χ4n) is 2.66. The first kappa shape index (κ1) is 14.1. The molecule has 0 aliphatic carbocycles. The van der Waals surface area contributed by atoms with Crippen LogP contribution in [0.5, 0.6) is 0 Å². The zero-order valence-electron chi connectivity index (χ0n) is 11.6. The second-order valence-electron chi connectivity index (χ2n) is 5.15. The third-order valence-corrected chi connectivity index (χ3v) is 4.15. The molecule has 1 atom stereocenters. The molecule has 3 rings (SSSR count). The summed E-state index contributed by atoms with van der Waals surface area (Å²) in [4.78, 5) is 12.4. The number of rotatable bonds is 3. The maximum Gasteiger partial charge on any atom is 0.242 e. The quantitative estimate of drug-likeness (QED) is 0.915. The molecule has 0 saturated carbocycles. The fourth-order valence-corrected chi connectivity index (χ4v) is 2.87. The maximum absolute atomic E-state index is 12.4. The summed E-state index contributed by atoms with van der Waals surface area (Å²) >= 11 is 6.11. The highest BCUT2D eigenvalue weighted by molar-refractivity contribution is 6.31. The van der Waals surface area contributed by atoms with Gasteiger partial charge in [0.25, 0.3) is 0 Å². The number of hydrogen-bond acceptors (Lipinski definition) is 2. The Bertz CT molecular complexity index is 657. The standard InChI is InChI=1S/C17H17ClN2O/c18-15-8-4-2-6-13(15)11-20-17(21)16-14-7-3-1-5-12(14)9-10-19-16/h1-8,16,19H,9-11H2,(H,20,21). The molecule has 0 fully saturated rings. The predicted octanol–water partition coefficient (Wildman–Crippen LogP) is 2.84. The lowest BCUT2D eigenvalue weighted by Crippen LogP contribution is -2.41. The summed E-state index contributed by atoms with van der Waals surface area (Å²) in [6, 6.07) is 15.4. The van der Waals surface area contributed by atoms with Gasteiger partial charge in [0.1, 0.15) is 6.04 Å². The van der Waals surface area contributed by atoms with Gasteiger partial charge in [-0.15, -0.1) is 0 Å². The second-order valence-corrected chi connectivity index (χ2v) is 5.55. The Hall–Kier alpha value is -1.84. The van der Waals surface area contributed by atoms with Gasteiger partial charge in [0.2, 0.25) is 5.91 Å². The van der Waals surface area contributed by atoms with E-state index in [1.54, 1.807) is 0 Å². The van der Waals surface area contributed by atoms with Gasteiger partial charge in [-0.3, -0.25) is 4.79 Å². The lowest BCUT2D eigenvalue weighted by molar-refractivity contribution is -0.123. The molecular weight excluding hydrogens is 284 g/mol. The van der Waals surface area contributed by atoms with Crippen molar-refractivity contribution >= 4 is 17.5 Å². The summed E-state index contributed by atoms with van der Waals surface area (Å²) in [5.41, 5.74) is 3.24. The largest absolute Gasteiger partial charge is 0.350 e. The van der Waals surface area contributed by atoms with Gasteiger partial charge in [-0.1, -0.05) is 54.1 Å². The van der Waals surface area contributed by atoms with Crippen molar-refractivity contribution in [3.8, 4) is 0 Å². The van der Waals surface area contributed by atoms with Crippen molar-refractivity contribution in [1.29, 1.82) is 0 Å². The lowest BCUT2D eigenvalue weighted by Gasteiger charge is -2.26.